The zero-order valence-electron chi connectivity index (χ0n) is 28.5. The van der Waals surface area contributed by atoms with Crippen molar-refractivity contribution >= 4 is 45.1 Å². The molecule has 0 aliphatic heterocycles. The molecule has 3 heteroatoms. The maximum absolute atomic E-state index is 5.48. The lowest BCUT2D eigenvalue weighted by atomic mass is 9.89. The lowest BCUT2D eigenvalue weighted by Gasteiger charge is -2.22. The van der Waals surface area contributed by atoms with Crippen molar-refractivity contribution in [2.24, 2.45) is 0 Å². The van der Waals surface area contributed by atoms with Gasteiger partial charge in [-0.15, -0.1) is 0 Å². The van der Waals surface area contributed by atoms with Crippen LogP contribution >= 0.6 is 0 Å². The molecule has 0 bridgehead atoms. The Morgan fingerprint density at radius 3 is 2.40 bits per heavy atom. The van der Waals surface area contributed by atoms with Gasteiger partial charge in [0.15, 0.2) is 0 Å². The van der Waals surface area contributed by atoms with E-state index in [1.165, 1.54) is 78.0 Å². The fourth-order valence-electron chi connectivity index (χ4n) is 8.92. The number of hydrogen-bond donors (Lipinski definition) is 0. The molecule has 3 nitrogen and oxygen atoms in total. The van der Waals surface area contributed by atoms with Crippen LogP contribution < -0.4 is 0 Å². The van der Waals surface area contributed by atoms with Gasteiger partial charge in [-0.25, -0.2) is 4.98 Å². The summed E-state index contributed by atoms with van der Waals surface area (Å²) >= 11 is 0. The molecular weight excluding hydrogens is 607 g/mol. The number of nitrogens with zero attached hydrogens (tertiary/aromatic N) is 3. The van der Waals surface area contributed by atoms with E-state index in [1.807, 2.05) is 0 Å². The first-order valence-electron chi connectivity index (χ1n) is 18.6. The molecule has 6 aromatic rings. The lowest BCUT2D eigenvalue weighted by molar-refractivity contribution is 0.599. The Morgan fingerprint density at radius 1 is 0.640 bits per heavy atom. The molecule has 4 aliphatic rings. The predicted octanol–water partition coefficient (Wildman–Crippen LogP) is 12.0. The minimum absolute atomic E-state index is 0.462. The zero-order valence-corrected chi connectivity index (χ0v) is 28.5. The molecule has 0 fully saturated rings. The highest BCUT2D eigenvalue weighted by atomic mass is 15.1. The summed E-state index contributed by atoms with van der Waals surface area (Å²) in [6, 6.07) is 31.7. The van der Waals surface area contributed by atoms with Gasteiger partial charge in [0.2, 0.25) is 0 Å². The summed E-state index contributed by atoms with van der Waals surface area (Å²) in [4.78, 5) is 5.48. The molecule has 3 aromatic carbocycles. The fraction of sp³-hybridized carbons (Fsp3) is 0.213. The van der Waals surface area contributed by atoms with Crippen molar-refractivity contribution < 1.29 is 0 Å². The van der Waals surface area contributed by atoms with Crippen molar-refractivity contribution in [1.82, 2.24) is 14.1 Å². The normalized spacial score (nSPS) is 18.3. The van der Waals surface area contributed by atoms with Gasteiger partial charge in [0, 0.05) is 45.0 Å². The summed E-state index contributed by atoms with van der Waals surface area (Å²) in [5, 5.41) is 2.70. The van der Waals surface area contributed by atoms with E-state index >= 15 is 0 Å². The highest BCUT2D eigenvalue weighted by Gasteiger charge is 2.25. The van der Waals surface area contributed by atoms with Gasteiger partial charge in [-0.3, -0.25) is 4.57 Å². The van der Waals surface area contributed by atoms with E-state index in [-0.39, 0.29) is 0 Å². The Labute approximate surface area is 294 Å². The molecule has 10 rings (SSSR count). The minimum atomic E-state index is 0.462. The zero-order chi connectivity index (χ0) is 33.0. The fourth-order valence-corrected chi connectivity index (χ4v) is 8.92. The maximum atomic E-state index is 5.48. The van der Waals surface area contributed by atoms with Gasteiger partial charge >= 0.3 is 0 Å². The van der Waals surface area contributed by atoms with Crippen LogP contribution in [0.3, 0.4) is 0 Å². The molecule has 0 saturated heterocycles. The van der Waals surface area contributed by atoms with E-state index in [2.05, 4.69) is 143 Å². The van der Waals surface area contributed by atoms with Crippen LogP contribution in [0.4, 0.5) is 0 Å². The predicted molar refractivity (Wildman–Crippen MR) is 210 cm³/mol. The van der Waals surface area contributed by atoms with Crippen LogP contribution in [0.5, 0.6) is 0 Å². The first-order valence-corrected chi connectivity index (χ1v) is 18.6. The topological polar surface area (TPSA) is 22.8 Å². The van der Waals surface area contributed by atoms with Gasteiger partial charge in [0.1, 0.15) is 5.82 Å². The van der Waals surface area contributed by atoms with Crippen molar-refractivity contribution in [2.45, 2.75) is 63.7 Å². The van der Waals surface area contributed by atoms with Gasteiger partial charge in [0.05, 0.1) is 11.0 Å². The summed E-state index contributed by atoms with van der Waals surface area (Å²) in [5.74, 6) is 1.52. The number of aromatic nitrogens is 3. The van der Waals surface area contributed by atoms with Crippen molar-refractivity contribution in [1.29, 1.82) is 0 Å². The lowest BCUT2D eigenvalue weighted by Crippen LogP contribution is -2.11. The Balaban J connectivity index is 1.12. The SMILES string of the molecule is C1=CC(c2cc(C3CC=CCC3)nc(-n3c4c(c5ccccc53)C=C(c3ccc5c(c3)c3c(n5-c5ccccc5)C=CCC3)CC4)c2)=CCC1. The molecule has 1 unspecified atom stereocenters. The molecule has 1 atom stereocenters. The third-order valence-corrected chi connectivity index (χ3v) is 11.4. The highest BCUT2D eigenvalue weighted by Crippen LogP contribution is 2.42. The number of aryl methyl sites for hydroxylation is 1. The van der Waals surface area contributed by atoms with Crippen LogP contribution in [0, 0.1) is 0 Å². The number of hydrogen-bond acceptors (Lipinski definition) is 1. The quantitative estimate of drug-likeness (QED) is 0.171. The van der Waals surface area contributed by atoms with Crippen LogP contribution in [0.15, 0.2) is 121 Å². The van der Waals surface area contributed by atoms with Crippen LogP contribution in [0.1, 0.15) is 90.2 Å². The number of pyridine rings is 1. The van der Waals surface area contributed by atoms with E-state index in [9.17, 15) is 0 Å². The summed E-state index contributed by atoms with van der Waals surface area (Å²) in [6.07, 6.45) is 28.6. The minimum Gasteiger partial charge on any atom is -0.310 e. The Kier molecular flexibility index (Phi) is 7.18. The molecule has 0 saturated carbocycles. The van der Waals surface area contributed by atoms with Crippen molar-refractivity contribution in [3.05, 3.63) is 161 Å². The first-order chi connectivity index (χ1) is 24.8. The van der Waals surface area contributed by atoms with Crippen LogP contribution in [-0.2, 0) is 12.8 Å². The average Bonchev–Trinajstić information content (AvgIpc) is 3.71. The number of benzene rings is 3. The molecule has 0 N–H and O–H groups in total. The molecule has 50 heavy (non-hydrogen) atoms. The molecule has 3 aromatic heterocycles. The summed E-state index contributed by atoms with van der Waals surface area (Å²) in [6.45, 7) is 0. The second-order valence-corrected chi connectivity index (χ2v) is 14.3. The van der Waals surface area contributed by atoms with Gasteiger partial charge in [-0.1, -0.05) is 78.9 Å². The first kappa shape index (κ1) is 29.5. The van der Waals surface area contributed by atoms with E-state index in [4.69, 9.17) is 4.98 Å². The molecule has 0 amide bonds. The second-order valence-electron chi connectivity index (χ2n) is 14.3. The highest BCUT2D eigenvalue weighted by molar-refractivity contribution is 6.00. The summed E-state index contributed by atoms with van der Waals surface area (Å²) in [7, 11) is 0. The monoisotopic (exact) mass is 647 g/mol. The van der Waals surface area contributed by atoms with Crippen molar-refractivity contribution in [3.63, 3.8) is 0 Å². The molecule has 4 aliphatic carbocycles. The molecule has 244 valence electrons. The van der Waals surface area contributed by atoms with Gasteiger partial charge < -0.3 is 4.57 Å². The standard InChI is InChI=1S/C47H41N3/c1-4-14-32(15-5-1)36-30-42(33-16-6-2-7-17-33)48-47(31-36)50-44-23-13-11-21-39(44)41-29-35(25-27-46(41)50)34-24-26-45-40(28-34)38-20-10-12-22-43(38)49(45)37-18-8-3-9-19-37/h2-4,6,8-9,11-15,18-19,21-24,26,28-31,33H,1,5,7,10,16-17,20,25,27H2. The number of para-hydroxylation sites is 2. The summed E-state index contributed by atoms with van der Waals surface area (Å²) in [5.41, 5.74) is 15.9. The van der Waals surface area contributed by atoms with Crippen molar-refractivity contribution in [2.75, 3.05) is 0 Å². The van der Waals surface area contributed by atoms with E-state index < -0.39 is 0 Å². The molecule has 0 spiro atoms. The van der Waals surface area contributed by atoms with E-state index in [0.717, 1.165) is 63.6 Å². The number of rotatable bonds is 5. The third-order valence-electron chi connectivity index (χ3n) is 11.4. The van der Waals surface area contributed by atoms with Crippen LogP contribution in [-0.4, -0.2) is 14.1 Å². The second kappa shape index (κ2) is 12.2. The number of fused-ring (bicyclic) bond motifs is 6. The van der Waals surface area contributed by atoms with Crippen LogP contribution in [0.25, 0.3) is 56.6 Å². The Morgan fingerprint density at radius 2 is 1.52 bits per heavy atom. The van der Waals surface area contributed by atoms with E-state index in [0.29, 0.717) is 5.92 Å². The Hall–Kier alpha value is -5.41. The maximum Gasteiger partial charge on any atom is 0.138 e. The Bertz CT molecular complexity index is 2460. The largest absolute Gasteiger partial charge is 0.310 e. The average molecular weight is 648 g/mol. The number of allylic oxidation sites excluding steroid dienone is 8. The van der Waals surface area contributed by atoms with E-state index in [1.54, 1.807) is 0 Å². The third kappa shape index (κ3) is 4.90. The molecule has 3 heterocycles. The van der Waals surface area contributed by atoms with Crippen LogP contribution in [0.2, 0.25) is 0 Å². The molecular formula is C47H41N3. The van der Waals surface area contributed by atoms with Gasteiger partial charge in [-0.05, 0) is 140 Å². The van der Waals surface area contributed by atoms with Gasteiger partial charge in [0.25, 0.3) is 0 Å². The summed E-state index contributed by atoms with van der Waals surface area (Å²) < 4.78 is 4.94. The van der Waals surface area contributed by atoms with Gasteiger partial charge in [-0.2, -0.15) is 0 Å². The smallest absolute Gasteiger partial charge is 0.138 e. The molecule has 0 radical (unpaired) electrons. The van der Waals surface area contributed by atoms with Crippen molar-refractivity contribution in [3.8, 4) is 11.5 Å².